The van der Waals surface area contributed by atoms with Crippen LogP contribution in [0.1, 0.15) is 85.5 Å². The highest BCUT2D eigenvalue weighted by atomic mass is 32.1. The van der Waals surface area contributed by atoms with Gasteiger partial charge in [0.2, 0.25) is 0 Å². The first kappa shape index (κ1) is 16.4. The first-order chi connectivity index (χ1) is 7.52. The van der Waals surface area contributed by atoms with Crippen molar-refractivity contribution >= 4 is 12.6 Å². The van der Waals surface area contributed by atoms with E-state index in [2.05, 4.69) is 40.3 Å². The van der Waals surface area contributed by atoms with Gasteiger partial charge in [-0.1, -0.05) is 72.6 Å². The number of rotatable bonds is 10. The lowest BCUT2D eigenvalue weighted by Crippen LogP contribution is -2.14. The Balaban J connectivity index is 3.22. The number of hydrogen-bond acceptors (Lipinski definition) is 1. The van der Waals surface area contributed by atoms with Crippen LogP contribution >= 0.6 is 12.6 Å². The molecule has 0 nitrogen and oxygen atoms in total. The third-order valence-electron chi connectivity index (χ3n) is 3.87. The molecule has 0 heterocycles. The fourth-order valence-electron chi connectivity index (χ4n) is 1.91. The zero-order valence-corrected chi connectivity index (χ0v) is 12.8. The number of hydrogen-bond donors (Lipinski definition) is 1. The Hall–Kier alpha value is 0.350. The zero-order valence-electron chi connectivity index (χ0n) is 11.9. The SMILES string of the molecule is CCC(C)CCCCCCCC(C)(S)CC. The maximum absolute atomic E-state index is 4.67. The van der Waals surface area contributed by atoms with E-state index in [-0.39, 0.29) is 4.75 Å². The Kier molecular flexibility index (Phi) is 9.59. The maximum atomic E-state index is 4.67. The van der Waals surface area contributed by atoms with E-state index in [1.807, 2.05) is 0 Å². The molecule has 0 amide bonds. The normalized spacial score (nSPS) is 17.1. The molecule has 1 heteroatoms. The second-order valence-corrected chi connectivity index (χ2v) is 6.75. The van der Waals surface area contributed by atoms with Crippen molar-refractivity contribution in [2.24, 2.45) is 5.92 Å². The third kappa shape index (κ3) is 9.57. The summed E-state index contributed by atoms with van der Waals surface area (Å²) in [4.78, 5) is 0. The lowest BCUT2D eigenvalue weighted by molar-refractivity contribution is 0.463. The fourth-order valence-corrected chi connectivity index (χ4v) is 2.07. The smallest absolute Gasteiger partial charge is 0.00987 e. The van der Waals surface area contributed by atoms with Gasteiger partial charge in [-0.25, -0.2) is 0 Å². The highest BCUT2D eigenvalue weighted by Gasteiger charge is 2.14. The minimum atomic E-state index is 0.275. The van der Waals surface area contributed by atoms with Gasteiger partial charge in [-0.05, 0) is 18.8 Å². The zero-order chi connectivity index (χ0) is 12.4. The third-order valence-corrected chi connectivity index (χ3v) is 4.41. The second kappa shape index (κ2) is 9.39. The van der Waals surface area contributed by atoms with E-state index in [4.69, 9.17) is 0 Å². The van der Waals surface area contributed by atoms with Crippen LogP contribution < -0.4 is 0 Å². The molecule has 0 aliphatic rings. The summed E-state index contributed by atoms with van der Waals surface area (Å²) in [5.74, 6) is 0.931. The number of unbranched alkanes of at least 4 members (excludes halogenated alkanes) is 4. The average molecular weight is 244 g/mol. The van der Waals surface area contributed by atoms with Crippen molar-refractivity contribution in [2.75, 3.05) is 0 Å². The van der Waals surface area contributed by atoms with Crippen molar-refractivity contribution in [3.63, 3.8) is 0 Å². The van der Waals surface area contributed by atoms with E-state index in [1.54, 1.807) is 0 Å². The summed E-state index contributed by atoms with van der Waals surface area (Å²) in [6.45, 7) is 9.16. The predicted molar refractivity (Wildman–Crippen MR) is 79.5 cm³/mol. The largest absolute Gasteiger partial charge is 0.173 e. The van der Waals surface area contributed by atoms with Crippen LogP contribution in [0.5, 0.6) is 0 Å². The van der Waals surface area contributed by atoms with Crippen molar-refractivity contribution in [3.8, 4) is 0 Å². The summed E-state index contributed by atoms with van der Waals surface area (Å²) in [7, 11) is 0. The van der Waals surface area contributed by atoms with Gasteiger partial charge in [0.1, 0.15) is 0 Å². The topological polar surface area (TPSA) is 0 Å². The van der Waals surface area contributed by atoms with Crippen LogP contribution in [0.2, 0.25) is 0 Å². The molecule has 0 aromatic heterocycles. The molecule has 0 aliphatic heterocycles. The molecule has 0 saturated carbocycles. The molecule has 0 spiro atoms. The van der Waals surface area contributed by atoms with Crippen LogP contribution in [0.3, 0.4) is 0 Å². The minimum absolute atomic E-state index is 0.275. The van der Waals surface area contributed by atoms with E-state index < -0.39 is 0 Å². The molecule has 16 heavy (non-hydrogen) atoms. The standard InChI is InChI=1S/C15H32S/c1-5-14(3)12-10-8-7-9-11-13-15(4,16)6-2/h14,16H,5-13H2,1-4H3. The van der Waals surface area contributed by atoms with Crippen molar-refractivity contribution in [3.05, 3.63) is 0 Å². The van der Waals surface area contributed by atoms with Gasteiger partial charge in [0, 0.05) is 4.75 Å². The van der Waals surface area contributed by atoms with Crippen LogP contribution in [-0.4, -0.2) is 4.75 Å². The summed E-state index contributed by atoms with van der Waals surface area (Å²) < 4.78 is 0.275. The molecule has 0 aliphatic carbocycles. The summed E-state index contributed by atoms with van der Waals surface area (Å²) >= 11 is 4.67. The molecular weight excluding hydrogens is 212 g/mol. The molecule has 0 N–H and O–H groups in total. The molecule has 0 rings (SSSR count). The first-order valence-corrected chi connectivity index (χ1v) is 7.69. The summed E-state index contributed by atoms with van der Waals surface area (Å²) in [5, 5.41) is 0. The van der Waals surface area contributed by atoms with E-state index in [0.717, 1.165) is 5.92 Å². The van der Waals surface area contributed by atoms with Crippen LogP contribution in [-0.2, 0) is 0 Å². The predicted octanol–water partition coefficient (Wildman–Crippen LogP) is 5.86. The molecule has 98 valence electrons. The van der Waals surface area contributed by atoms with Gasteiger partial charge in [0.15, 0.2) is 0 Å². The van der Waals surface area contributed by atoms with E-state index >= 15 is 0 Å². The molecular formula is C15H32S. The average Bonchev–Trinajstić information content (AvgIpc) is 2.27. The van der Waals surface area contributed by atoms with Crippen molar-refractivity contribution < 1.29 is 0 Å². The lowest BCUT2D eigenvalue weighted by atomic mass is 9.97. The van der Waals surface area contributed by atoms with Gasteiger partial charge in [-0.3, -0.25) is 0 Å². The molecule has 0 aromatic carbocycles. The number of thiol groups is 1. The van der Waals surface area contributed by atoms with E-state index in [0.29, 0.717) is 0 Å². The highest BCUT2D eigenvalue weighted by Crippen LogP contribution is 2.25. The highest BCUT2D eigenvalue weighted by molar-refractivity contribution is 7.81. The molecule has 2 atom stereocenters. The van der Waals surface area contributed by atoms with Gasteiger partial charge < -0.3 is 0 Å². The van der Waals surface area contributed by atoms with Crippen LogP contribution in [0.4, 0.5) is 0 Å². The Morgan fingerprint density at radius 1 is 1.00 bits per heavy atom. The quantitative estimate of drug-likeness (QED) is 0.361. The van der Waals surface area contributed by atoms with Crippen molar-refractivity contribution in [2.45, 2.75) is 90.2 Å². The monoisotopic (exact) mass is 244 g/mol. The van der Waals surface area contributed by atoms with E-state index in [9.17, 15) is 0 Å². The Labute approximate surface area is 109 Å². The van der Waals surface area contributed by atoms with Gasteiger partial charge in [-0.15, -0.1) is 0 Å². The lowest BCUT2D eigenvalue weighted by Gasteiger charge is -2.21. The Morgan fingerprint density at radius 2 is 1.56 bits per heavy atom. The van der Waals surface area contributed by atoms with Crippen LogP contribution in [0.15, 0.2) is 0 Å². The van der Waals surface area contributed by atoms with Crippen LogP contribution in [0, 0.1) is 5.92 Å². The molecule has 0 bridgehead atoms. The summed E-state index contributed by atoms with van der Waals surface area (Å²) in [5.41, 5.74) is 0. The summed E-state index contributed by atoms with van der Waals surface area (Å²) in [6.07, 6.45) is 12.3. The second-order valence-electron chi connectivity index (χ2n) is 5.67. The van der Waals surface area contributed by atoms with Crippen LogP contribution in [0.25, 0.3) is 0 Å². The Bertz CT molecular complexity index is 152. The van der Waals surface area contributed by atoms with E-state index in [1.165, 1.54) is 57.8 Å². The van der Waals surface area contributed by atoms with Crippen molar-refractivity contribution in [1.82, 2.24) is 0 Å². The fraction of sp³-hybridized carbons (Fsp3) is 1.00. The maximum Gasteiger partial charge on any atom is 0.00987 e. The Morgan fingerprint density at radius 3 is 2.12 bits per heavy atom. The van der Waals surface area contributed by atoms with Gasteiger partial charge in [-0.2, -0.15) is 12.6 Å². The molecule has 2 unspecified atom stereocenters. The molecule has 0 aromatic rings. The van der Waals surface area contributed by atoms with Gasteiger partial charge in [0.25, 0.3) is 0 Å². The first-order valence-electron chi connectivity index (χ1n) is 7.24. The van der Waals surface area contributed by atoms with Gasteiger partial charge >= 0.3 is 0 Å². The van der Waals surface area contributed by atoms with Gasteiger partial charge in [0.05, 0.1) is 0 Å². The molecule has 0 radical (unpaired) electrons. The molecule has 0 fully saturated rings. The summed E-state index contributed by atoms with van der Waals surface area (Å²) in [6, 6.07) is 0. The molecule has 0 saturated heterocycles. The van der Waals surface area contributed by atoms with Crippen molar-refractivity contribution in [1.29, 1.82) is 0 Å². The minimum Gasteiger partial charge on any atom is -0.173 e.